The predicted octanol–water partition coefficient (Wildman–Crippen LogP) is 6.29. The lowest BCUT2D eigenvalue weighted by Gasteiger charge is -2.38. The summed E-state index contributed by atoms with van der Waals surface area (Å²) in [5.74, 6) is 2.41. The minimum Gasteiger partial charge on any atom is -0.490 e. The van der Waals surface area contributed by atoms with Gasteiger partial charge in [-0.05, 0) is 99.7 Å². The lowest BCUT2D eigenvalue weighted by atomic mass is 9.87. The zero-order valence-corrected chi connectivity index (χ0v) is 28.1. The average molecular weight is 639 g/mol. The summed E-state index contributed by atoms with van der Waals surface area (Å²) >= 11 is 0. The van der Waals surface area contributed by atoms with E-state index in [0.29, 0.717) is 87.5 Å². The van der Waals surface area contributed by atoms with Crippen LogP contribution in [0.2, 0.25) is 0 Å². The van der Waals surface area contributed by atoms with Gasteiger partial charge in [0, 0.05) is 25.2 Å². The van der Waals surface area contributed by atoms with E-state index in [-0.39, 0.29) is 16.8 Å². The maximum atomic E-state index is 14.3. The van der Waals surface area contributed by atoms with Crippen LogP contribution in [-0.2, 0) is 22.9 Å². The van der Waals surface area contributed by atoms with Crippen LogP contribution < -0.4 is 18.9 Å². The molecule has 0 saturated carbocycles. The lowest BCUT2D eigenvalue weighted by Crippen LogP contribution is -2.41. The zero-order valence-electron chi connectivity index (χ0n) is 27.3. The first-order valence-electron chi connectivity index (χ1n) is 15.9. The van der Waals surface area contributed by atoms with Crippen molar-refractivity contribution in [3.8, 4) is 23.0 Å². The SMILES string of the molecule is CCOc1ccc(C[C@@H]2c3cc(OCC)c(OCC)cc3CCN2C(=O)c2cccc(S(=O)(=O)N(CC)CC)c2)cc1OCC. The van der Waals surface area contributed by atoms with Crippen molar-refractivity contribution in [1.82, 2.24) is 9.21 Å². The quantitative estimate of drug-likeness (QED) is 0.193. The molecule has 0 fully saturated rings. The molecule has 3 aromatic carbocycles. The topological polar surface area (TPSA) is 94.6 Å². The summed E-state index contributed by atoms with van der Waals surface area (Å²) in [7, 11) is -3.73. The molecule has 0 aliphatic carbocycles. The van der Waals surface area contributed by atoms with E-state index in [1.807, 2.05) is 62.9 Å². The summed E-state index contributed by atoms with van der Waals surface area (Å²) in [5, 5.41) is 0. The van der Waals surface area contributed by atoms with Crippen molar-refractivity contribution in [2.24, 2.45) is 0 Å². The Morgan fingerprint density at radius 2 is 1.38 bits per heavy atom. The number of hydrogen-bond donors (Lipinski definition) is 0. The van der Waals surface area contributed by atoms with Crippen molar-refractivity contribution in [2.45, 2.75) is 65.3 Å². The normalized spacial score (nSPS) is 14.6. The van der Waals surface area contributed by atoms with E-state index in [9.17, 15) is 13.2 Å². The van der Waals surface area contributed by atoms with Gasteiger partial charge in [-0.3, -0.25) is 4.79 Å². The van der Waals surface area contributed by atoms with E-state index >= 15 is 0 Å². The van der Waals surface area contributed by atoms with Gasteiger partial charge in [-0.25, -0.2) is 8.42 Å². The number of carbonyl (C=O) groups excluding carboxylic acids is 1. The monoisotopic (exact) mass is 638 g/mol. The van der Waals surface area contributed by atoms with Crippen LogP contribution in [0, 0.1) is 0 Å². The molecule has 1 aliphatic heterocycles. The summed E-state index contributed by atoms with van der Waals surface area (Å²) in [6, 6.07) is 15.9. The third-order valence-corrected chi connectivity index (χ3v) is 9.93. The molecule has 10 heteroatoms. The molecule has 1 atom stereocenters. The number of fused-ring (bicyclic) bond motifs is 1. The highest BCUT2D eigenvalue weighted by Gasteiger charge is 2.34. The molecule has 244 valence electrons. The van der Waals surface area contributed by atoms with E-state index in [1.165, 1.54) is 10.4 Å². The first-order chi connectivity index (χ1) is 21.7. The van der Waals surface area contributed by atoms with Crippen molar-refractivity contribution >= 4 is 15.9 Å². The fourth-order valence-corrected chi connectivity index (χ4v) is 7.33. The van der Waals surface area contributed by atoms with E-state index in [0.717, 1.165) is 16.7 Å². The second kappa shape index (κ2) is 15.5. The summed E-state index contributed by atoms with van der Waals surface area (Å²) < 4.78 is 51.6. The van der Waals surface area contributed by atoms with Crippen LogP contribution in [0.5, 0.6) is 23.0 Å². The first-order valence-corrected chi connectivity index (χ1v) is 17.4. The molecule has 4 rings (SSSR count). The molecule has 45 heavy (non-hydrogen) atoms. The van der Waals surface area contributed by atoms with Gasteiger partial charge in [-0.1, -0.05) is 26.0 Å². The van der Waals surface area contributed by atoms with Gasteiger partial charge in [0.1, 0.15) is 0 Å². The second-order valence-electron chi connectivity index (χ2n) is 10.6. The third-order valence-electron chi connectivity index (χ3n) is 7.88. The number of amides is 1. The predicted molar refractivity (Wildman–Crippen MR) is 175 cm³/mol. The molecule has 0 bridgehead atoms. The zero-order chi connectivity index (χ0) is 32.6. The molecular weight excluding hydrogens is 592 g/mol. The number of benzene rings is 3. The largest absolute Gasteiger partial charge is 0.490 e. The average Bonchev–Trinajstić information content (AvgIpc) is 3.03. The van der Waals surface area contributed by atoms with Crippen LogP contribution in [0.25, 0.3) is 0 Å². The molecular formula is C35H46N2O7S. The van der Waals surface area contributed by atoms with E-state index in [2.05, 4.69) is 0 Å². The van der Waals surface area contributed by atoms with Crippen molar-refractivity contribution in [1.29, 1.82) is 0 Å². The van der Waals surface area contributed by atoms with E-state index in [1.54, 1.807) is 32.0 Å². The number of ether oxygens (including phenoxy) is 4. The maximum Gasteiger partial charge on any atom is 0.254 e. The van der Waals surface area contributed by atoms with Gasteiger partial charge in [0.2, 0.25) is 10.0 Å². The van der Waals surface area contributed by atoms with Crippen LogP contribution in [0.15, 0.2) is 59.5 Å². The Kier molecular flexibility index (Phi) is 11.7. The highest BCUT2D eigenvalue weighted by Crippen LogP contribution is 2.41. The van der Waals surface area contributed by atoms with Gasteiger partial charge in [0.25, 0.3) is 5.91 Å². The van der Waals surface area contributed by atoms with E-state index < -0.39 is 10.0 Å². The highest BCUT2D eigenvalue weighted by atomic mass is 32.2. The molecule has 0 aromatic heterocycles. The molecule has 0 radical (unpaired) electrons. The van der Waals surface area contributed by atoms with Crippen LogP contribution in [0.3, 0.4) is 0 Å². The number of rotatable bonds is 15. The minimum absolute atomic E-state index is 0.110. The van der Waals surface area contributed by atoms with Crippen molar-refractivity contribution in [3.63, 3.8) is 0 Å². The Hall–Kier alpha value is -3.76. The van der Waals surface area contributed by atoms with Crippen molar-refractivity contribution in [2.75, 3.05) is 46.1 Å². The first kappa shape index (κ1) is 34.1. The molecule has 0 N–H and O–H groups in total. The summed E-state index contributed by atoms with van der Waals surface area (Å²) in [4.78, 5) is 16.3. The van der Waals surface area contributed by atoms with Gasteiger partial charge in [0.05, 0.1) is 37.4 Å². The number of sulfonamides is 1. The molecule has 0 spiro atoms. The van der Waals surface area contributed by atoms with Gasteiger partial charge >= 0.3 is 0 Å². The Morgan fingerprint density at radius 3 is 2.00 bits per heavy atom. The molecule has 1 amide bonds. The van der Waals surface area contributed by atoms with Gasteiger partial charge < -0.3 is 23.8 Å². The molecule has 3 aromatic rings. The van der Waals surface area contributed by atoms with Gasteiger partial charge in [-0.2, -0.15) is 4.31 Å². The van der Waals surface area contributed by atoms with Crippen molar-refractivity contribution in [3.05, 3.63) is 76.9 Å². The number of carbonyl (C=O) groups is 1. The lowest BCUT2D eigenvalue weighted by molar-refractivity contribution is 0.0659. The van der Waals surface area contributed by atoms with Crippen LogP contribution in [0.1, 0.15) is 74.6 Å². The number of hydrogen-bond acceptors (Lipinski definition) is 7. The Bertz CT molecular complexity index is 1570. The number of nitrogens with zero attached hydrogens (tertiary/aromatic N) is 2. The molecule has 0 saturated heterocycles. The van der Waals surface area contributed by atoms with Gasteiger partial charge in [-0.15, -0.1) is 0 Å². The molecule has 0 unspecified atom stereocenters. The fraction of sp³-hybridized carbons (Fsp3) is 0.457. The third kappa shape index (κ3) is 7.56. The molecule has 1 aliphatic rings. The maximum absolute atomic E-state index is 14.3. The minimum atomic E-state index is -3.73. The van der Waals surface area contributed by atoms with Crippen LogP contribution >= 0.6 is 0 Å². The Morgan fingerprint density at radius 1 is 0.778 bits per heavy atom. The van der Waals surface area contributed by atoms with Gasteiger partial charge in [0.15, 0.2) is 23.0 Å². The van der Waals surface area contributed by atoms with Crippen LogP contribution in [-0.4, -0.2) is 69.6 Å². The van der Waals surface area contributed by atoms with Crippen LogP contribution in [0.4, 0.5) is 0 Å². The Labute approximate surface area is 268 Å². The smallest absolute Gasteiger partial charge is 0.254 e. The highest BCUT2D eigenvalue weighted by molar-refractivity contribution is 7.89. The molecule has 1 heterocycles. The fourth-order valence-electron chi connectivity index (χ4n) is 5.82. The standard InChI is InChI=1S/C35H46N2O7S/c1-7-36(8-2)45(39,40)28-15-13-14-27(22-28)35(38)37-19-18-26-23-33(43-11-5)34(44-12-6)24-29(26)30(37)20-25-16-17-31(41-9-3)32(21-25)42-10-4/h13-17,21-24,30H,7-12,18-20H2,1-6H3/t30-/m1/s1. The second-order valence-corrected chi connectivity index (χ2v) is 12.5. The summed E-state index contributed by atoms with van der Waals surface area (Å²) in [6.45, 7) is 14.5. The molecule has 9 nitrogen and oxygen atoms in total. The summed E-state index contributed by atoms with van der Waals surface area (Å²) in [5.41, 5.74) is 3.36. The summed E-state index contributed by atoms with van der Waals surface area (Å²) in [6.07, 6.45) is 1.12. The Balaban J connectivity index is 1.80. The van der Waals surface area contributed by atoms with E-state index in [4.69, 9.17) is 18.9 Å². The van der Waals surface area contributed by atoms with Crippen molar-refractivity contribution < 1.29 is 32.2 Å².